The Hall–Kier alpha value is -1.65. The van der Waals surface area contributed by atoms with E-state index in [1.54, 1.807) is 0 Å². The van der Waals surface area contributed by atoms with Gasteiger partial charge in [0.2, 0.25) is 0 Å². The number of carbonyl (C=O) groups excluding carboxylic acids is 1. The van der Waals surface area contributed by atoms with Gasteiger partial charge in [-0.05, 0) is 38.3 Å². The second kappa shape index (κ2) is 8.85. The van der Waals surface area contributed by atoms with E-state index >= 15 is 0 Å². The molecule has 4 nitrogen and oxygen atoms in total. The van der Waals surface area contributed by atoms with Gasteiger partial charge in [-0.15, -0.1) is 0 Å². The highest BCUT2D eigenvalue weighted by Crippen LogP contribution is 2.25. The number of aryl methyl sites for hydroxylation is 1. The number of hydrogen-bond donors (Lipinski definition) is 0. The zero-order valence-electron chi connectivity index (χ0n) is 14.2. The van der Waals surface area contributed by atoms with E-state index < -0.39 is 0 Å². The summed E-state index contributed by atoms with van der Waals surface area (Å²) in [5, 5.41) is 0. The summed E-state index contributed by atoms with van der Waals surface area (Å²) < 4.78 is 16.0. The molecule has 0 saturated carbocycles. The van der Waals surface area contributed by atoms with E-state index in [9.17, 15) is 4.79 Å². The van der Waals surface area contributed by atoms with Crippen LogP contribution in [-0.4, -0.2) is 31.9 Å². The van der Waals surface area contributed by atoms with E-state index in [4.69, 9.17) is 14.2 Å². The normalized spacial score (nSPS) is 18.1. The lowest BCUT2D eigenvalue weighted by Crippen LogP contribution is -2.07. The van der Waals surface area contributed by atoms with Gasteiger partial charge >= 0.3 is 5.97 Å². The number of esters is 1. The minimum Gasteiger partial charge on any atom is -0.466 e. The fourth-order valence-electron chi connectivity index (χ4n) is 2.36. The minimum absolute atomic E-state index is 0.0181. The third-order valence-electron chi connectivity index (χ3n) is 3.73. The maximum Gasteiger partial charge on any atom is 0.306 e. The predicted octanol–water partition coefficient (Wildman–Crippen LogP) is 3.83. The average molecular weight is 318 g/mol. The van der Waals surface area contributed by atoms with Crippen molar-refractivity contribution in [2.24, 2.45) is 0 Å². The fourth-order valence-corrected chi connectivity index (χ4v) is 2.36. The van der Waals surface area contributed by atoms with Gasteiger partial charge in [0.15, 0.2) is 0 Å². The highest BCUT2D eigenvalue weighted by Gasteiger charge is 2.24. The molecular formula is C19H26O4. The molecule has 1 aromatic carbocycles. The number of epoxide rings is 1. The third kappa shape index (κ3) is 6.16. The van der Waals surface area contributed by atoms with Crippen LogP contribution in [0.3, 0.4) is 0 Å². The summed E-state index contributed by atoms with van der Waals surface area (Å²) in [4.78, 5) is 11.4. The molecule has 0 unspecified atom stereocenters. The van der Waals surface area contributed by atoms with Gasteiger partial charge in [-0.3, -0.25) is 4.79 Å². The first kappa shape index (κ1) is 17.7. The minimum atomic E-state index is -0.150. The maximum absolute atomic E-state index is 11.4. The number of carbonyl (C=O) groups is 1. The van der Waals surface area contributed by atoms with E-state index in [-0.39, 0.29) is 18.2 Å². The molecule has 23 heavy (non-hydrogen) atoms. The Bertz CT molecular complexity index is 546. The Morgan fingerprint density at radius 1 is 1.48 bits per heavy atom. The summed E-state index contributed by atoms with van der Waals surface area (Å²) in [6.07, 6.45) is 5.46. The van der Waals surface area contributed by atoms with Crippen LogP contribution in [0.2, 0.25) is 0 Å². The van der Waals surface area contributed by atoms with Crippen LogP contribution in [0.1, 0.15) is 49.5 Å². The van der Waals surface area contributed by atoms with E-state index in [1.165, 1.54) is 5.56 Å². The molecule has 0 bridgehead atoms. The zero-order chi connectivity index (χ0) is 16.7. The second-order valence-electron chi connectivity index (χ2n) is 5.81. The Morgan fingerprint density at radius 3 is 2.96 bits per heavy atom. The molecule has 1 saturated heterocycles. The first-order chi connectivity index (χ1) is 11.1. The number of rotatable bonds is 9. The molecule has 1 fully saturated rings. The lowest BCUT2D eigenvalue weighted by Gasteiger charge is -2.16. The molecule has 1 aliphatic rings. The highest BCUT2D eigenvalue weighted by atomic mass is 16.6. The number of benzene rings is 1. The Morgan fingerprint density at radius 2 is 2.26 bits per heavy atom. The molecule has 1 aliphatic heterocycles. The third-order valence-corrected chi connectivity index (χ3v) is 3.73. The van der Waals surface area contributed by atoms with Gasteiger partial charge in [-0.25, -0.2) is 0 Å². The summed E-state index contributed by atoms with van der Waals surface area (Å²) in [6.45, 7) is 7.83. The van der Waals surface area contributed by atoms with Crippen molar-refractivity contribution >= 4 is 12.0 Å². The van der Waals surface area contributed by atoms with Crippen LogP contribution in [0.15, 0.2) is 24.3 Å². The molecule has 0 aliphatic carbocycles. The van der Waals surface area contributed by atoms with Crippen molar-refractivity contribution in [2.75, 3.05) is 19.8 Å². The molecule has 126 valence electrons. The molecular weight excluding hydrogens is 292 g/mol. The molecule has 0 amide bonds. The van der Waals surface area contributed by atoms with Gasteiger partial charge in [0.25, 0.3) is 0 Å². The molecule has 0 spiro atoms. The van der Waals surface area contributed by atoms with Gasteiger partial charge in [0.05, 0.1) is 25.9 Å². The van der Waals surface area contributed by atoms with Crippen LogP contribution in [0.5, 0.6) is 0 Å². The summed E-state index contributed by atoms with van der Waals surface area (Å²) in [7, 11) is 0. The number of ether oxygens (including phenoxy) is 3. The lowest BCUT2D eigenvalue weighted by atomic mass is 10.00. The Kier molecular flexibility index (Phi) is 6.81. The first-order valence-corrected chi connectivity index (χ1v) is 8.26. The average Bonchev–Trinajstić information content (AvgIpc) is 3.34. The molecule has 2 rings (SSSR count). The predicted molar refractivity (Wildman–Crippen MR) is 90.2 cm³/mol. The van der Waals surface area contributed by atoms with Crippen molar-refractivity contribution in [3.63, 3.8) is 0 Å². The molecule has 0 aromatic heterocycles. The molecule has 0 N–H and O–H groups in total. The first-order valence-electron chi connectivity index (χ1n) is 8.26. The van der Waals surface area contributed by atoms with Crippen LogP contribution in [0, 0.1) is 6.92 Å². The van der Waals surface area contributed by atoms with Crippen molar-refractivity contribution in [1.82, 2.24) is 0 Å². The van der Waals surface area contributed by atoms with E-state index in [1.807, 2.05) is 13.0 Å². The van der Waals surface area contributed by atoms with Crippen LogP contribution in [-0.2, 0) is 19.0 Å². The van der Waals surface area contributed by atoms with E-state index in [0.29, 0.717) is 26.1 Å². The van der Waals surface area contributed by atoms with Gasteiger partial charge in [0.1, 0.15) is 6.10 Å². The van der Waals surface area contributed by atoms with Crippen molar-refractivity contribution in [2.45, 2.75) is 45.8 Å². The molecule has 4 heteroatoms. The van der Waals surface area contributed by atoms with Crippen molar-refractivity contribution < 1.29 is 19.0 Å². The van der Waals surface area contributed by atoms with Crippen LogP contribution >= 0.6 is 0 Å². The standard InChI is InChI=1S/C19H26O4/c1-4-21-19(20)8-6-5-7-16-11-14(2)9-10-18(16)15(3)22-12-17-13-23-17/h5,7,9-11,15,17H,4,6,8,12-13H2,1-3H3/b7-5+/t15-,17+/m1/s1. The van der Waals surface area contributed by atoms with Gasteiger partial charge in [-0.1, -0.05) is 35.9 Å². The Balaban J connectivity index is 1.95. The van der Waals surface area contributed by atoms with Gasteiger partial charge in [0, 0.05) is 6.42 Å². The summed E-state index contributed by atoms with van der Waals surface area (Å²) in [5.41, 5.74) is 3.50. The van der Waals surface area contributed by atoms with Crippen molar-refractivity contribution in [1.29, 1.82) is 0 Å². The van der Waals surface area contributed by atoms with E-state index in [2.05, 4.69) is 38.1 Å². The molecule has 1 heterocycles. The van der Waals surface area contributed by atoms with Gasteiger partial charge in [-0.2, -0.15) is 0 Å². The van der Waals surface area contributed by atoms with Gasteiger partial charge < -0.3 is 14.2 Å². The topological polar surface area (TPSA) is 48.1 Å². The lowest BCUT2D eigenvalue weighted by molar-refractivity contribution is -0.142. The number of allylic oxidation sites excluding steroid dienone is 1. The smallest absolute Gasteiger partial charge is 0.306 e. The van der Waals surface area contributed by atoms with Crippen LogP contribution in [0.25, 0.3) is 6.08 Å². The SMILES string of the molecule is CCOC(=O)CC/C=C/c1cc(C)ccc1[C@@H](C)OC[C@H]1CO1. The van der Waals surface area contributed by atoms with Crippen molar-refractivity contribution in [3.05, 3.63) is 41.0 Å². The largest absolute Gasteiger partial charge is 0.466 e. The van der Waals surface area contributed by atoms with Crippen molar-refractivity contribution in [3.8, 4) is 0 Å². The van der Waals surface area contributed by atoms with E-state index in [0.717, 1.165) is 17.7 Å². The maximum atomic E-state index is 11.4. The number of hydrogen-bond acceptors (Lipinski definition) is 4. The molecule has 0 radical (unpaired) electrons. The summed E-state index contributed by atoms with van der Waals surface area (Å²) in [6, 6.07) is 6.35. The van der Waals surface area contributed by atoms with Crippen LogP contribution in [0.4, 0.5) is 0 Å². The molecule has 2 atom stereocenters. The summed E-state index contributed by atoms with van der Waals surface area (Å²) in [5.74, 6) is -0.150. The quantitative estimate of drug-likeness (QED) is 0.513. The monoisotopic (exact) mass is 318 g/mol. The fraction of sp³-hybridized carbons (Fsp3) is 0.526. The zero-order valence-corrected chi connectivity index (χ0v) is 14.2. The Labute approximate surface area is 138 Å². The van der Waals surface area contributed by atoms with Crippen LogP contribution < -0.4 is 0 Å². The second-order valence-corrected chi connectivity index (χ2v) is 5.81. The highest BCUT2D eigenvalue weighted by molar-refractivity contribution is 5.69. The molecule has 1 aromatic rings. The summed E-state index contributed by atoms with van der Waals surface area (Å²) >= 11 is 0.